The zero-order valence-corrected chi connectivity index (χ0v) is 15.9. The molecule has 1 heterocycles. The topological polar surface area (TPSA) is 88.5 Å². The summed E-state index contributed by atoms with van der Waals surface area (Å²) in [4.78, 5) is 4.55. The van der Waals surface area contributed by atoms with Crippen LogP contribution in [0.25, 0.3) is 10.9 Å². The van der Waals surface area contributed by atoms with E-state index in [1.807, 2.05) is 24.3 Å². The molecule has 138 valence electrons. The monoisotopic (exact) mass is 384 g/mol. The number of rotatable bonds is 11. The predicted molar refractivity (Wildman–Crippen MR) is 103 cm³/mol. The second-order valence-corrected chi connectivity index (χ2v) is 9.06. The first-order valence-electron chi connectivity index (χ1n) is 8.33. The van der Waals surface area contributed by atoms with Crippen LogP contribution < -0.4 is 10.1 Å². The van der Waals surface area contributed by atoms with Crippen molar-refractivity contribution >= 4 is 30.8 Å². The Hall–Kier alpha value is -1.35. The van der Waals surface area contributed by atoms with E-state index in [1.165, 1.54) is 10.9 Å². The lowest BCUT2D eigenvalue weighted by Crippen LogP contribution is -2.20. The summed E-state index contributed by atoms with van der Waals surface area (Å²) in [6, 6.07) is 10.1. The van der Waals surface area contributed by atoms with Crippen LogP contribution in [-0.2, 0) is 15.6 Å². The number of pyridine rings is 1. The van der Waals surface area contributed by atoms with Gasteiger partial charge in [-0.2, -0.15) is 8.42 Å². The highest BCUT2D eigenvalue weighted by molar-refractivity contribution is 8.69. The van der Waals surface area contributed by atoms with Gasteiger partial charge in [-0.05, 0) is 41.8 Å². The average Bonchev–Trinajstić information content (AvgIpc) is 2.56. The largest absolute Gasteiger partial charge is 0.478 e. The van der Waals surface area contributed by atoms with E-state index in [0.29, 0.717) is 42.1 Å². The summed E-state index contributed by atoms with van der Waals surface area (Å²) < 4.78 is 35.5. The van der Waals surface area contributed by atoms with Gasteiger partial charge in [0.15, 0.2) is 0 Å². The normalized spacial score (nSPS) is 11.8. The van der Waals surface area contributed by atoms with Crippen LogP contribution in [0.1, 0.15) is 25.3 Å². The van der Waals surface area contributed by atoms with Crippen molar-refractivity contribution in [2.24, 2.45) is 0 Å². The Balaban J connectivity index is 1.77. The molecule has 2 aromatic rings. The number of aromatic nitrogens is 1. The predicted octanol–water partition coefficient (Wildman–Crippen LogP) is 3.08. The number of hydrogen-bond donors (Lipinski definition) is 2. The van der Waals surface area contributed by atoms with Crippen molar-refractivity contribution in [2.45, 2.75) is 26.2 Å². The first kappa shape index (κ1) is 20.0. The number of nitrogens with one attached hydrogen (secondary N) is 1. The summed E-state index contributed by atoms with van der Waals surface area (Å²) in [7, 11) is -3.42. The maximum atomic E-state index is 10.6. The molecule has 8 heteroatoms. The van der Waals surface area contributed by atoms with E-state index >= 15 is 0 Å². The highest BCUT2D eigenvalue weighted by atomic mass is 33.1. The lowest BCUT2D eigenvalue weighted by atomic mass is 10.1. The van der Waals surface area contributed by atoms with E-state index in [0.717, 1.165) is 24.8 Å². The standard InChI is InChI=1S/C17H24N2O4S2/c1-2-6-14-13-17(19-16-8-4-3-7-15(14)16)23-11-5-9-18-10-12-24-25(20,21)22/h3-4,7-8,13,18H,2,5-6,9-12H2,1H3,(H,20,21,22). The van der Waals surface area contributed by atoms with Crippen LogP contribution in [0.2, 0.25) is 0 Å². The highest BCUT2D eigenvalue weighted by Crippen LogP contribution is 2.23. The fraction of sp³-hybridized carbons (Fsp3) is 0.471. The molecule has 25 heavy (non-hydrogen) atoms. The molecule has 0 bridgehead atoms. The minimum Gasteiger partial charge on any atom is -0.478 e. The number of ether oxygens (including phenoxy) is 1. The number of para-hydroxylation sites is 1. The second kappa shape index (κ2) is 9.96. The summed E-state index contributed by atoms with van der Waals surface area (Å²) in [5, 5.41) is 4.28. The van der Waals surface area contributed by atoms with Gasteiger partial charge in [-0.1, -0.05) is 31.5 Å². The molecule has 0 saturated heterocycles. The number of aryl methyl sites for hydroxylation is 1. The van der Waals surface area contributed by atoms with E-state index < -0.39 is 9.15 Å². The van der Waals surface area contributed by atoms with Gasteiger partial charge in [0.25, 0.3) is 0 Å². The summed E-state index contributed by atoms with van der Waals surface area (Å²) in [6.07, 6.45) is 2.85. The van der Waals surface area contributed by atoms with Crippen LogP contribution in [0.4, 0.5) is 0 Å². The van der Waals surface area contributed by atoms with Gasteiger partial charge < -0.3 is 10.1 Å². The molecule has 6 nitrogen and oxygen atoms in total. The summed E-state index contributed by atoms with van der Waals surface area (Å²) in [5.41, 5.74) is 2.20. The zero-order valence-electron chi connectivity index (χ0n) is 14.3. The van der Waals surface area contributed by atoms with E-state index in [-0.39, 0.29) is 0 Å². The molecule has 0 atom stereocenters. The van der Waals surface area contributed by atoms with Gasteiger partial charge in [0.2, 0.25) is 5.88 Å². The number of fused-ring (bicyclic) bond motifs is 1. The van der Waals surface area contributed by atoms with Crippen molar-refractivity contribution in [3.63, 3.8) is 0 Å². The second-order valence-electron chi connectivity index (χ2n) is 5.59. The SMILES string of the molecule is CCCc1cc(OCCCNCCSS(=O)(=O)O)nc2ccccc12. The Morgan fingerprint density at radius 2 is 2.08 bits per heavy atom. The van der Waals surface area contributed by atoms with Gasteiger partial charge in [0.05, 0.1) is 12.1 Å². The third-order valence-corrected chi connectivity index (χ3v) is 5.62. The van der Waals surface area contributed by atoms with Crippen LogP contribution in [-0.4, -0.2) is 43.4 Å². The van der Waals surface area contributed by atoms with Crippen molar-refractivity contribution in [2.75, 3.05) is 25.4 Å². The Morgan fingerprint density at radius 3 is 2.84 bits per heavy atom. The van der Waals surface area contributed by atoms with Crippen molar-refractivity contribution in [3.05, 3.63) is 35.9 Å². The van der Waals surface area contributed by atoms with Crippen molar-refractivity contribution in [3.8, 4) is 5.88 Å². The summed E-state index contributed by atoms with van der Waals surface area (Å²) in [5.74, 6) is 0.954. The maximum absolute atomic E-state index is 10.6. The fourth-order valence-corrected chi connectivity index (χ4v) is 3.81. The van der Waals surface area contributed by atoms with E-state index in [4.69, 9.17) is 9.29 Å². The molecule has 0 radical (unpaired) electrons. The molecular weight excluding hydrogens is 360 g/mol. The number of benzene rings is 1. The molecular formula is C17H24N2O4S2. The van der Waals surface area contributed by atoms with Crippen LogP contribution in [0, 0.1) is 0 Å². The molecule has 0 unspecified atom stereocenters. The van der Waals surface area contributed by atoms with Crippen LogP contribution >= 0.6 is 10.8 Å². The molecule has 0 aliphatic carbocycles. The molecule has 1 aromatic carbocycles. The van der Waals surface area contributed by atoms with E-state index in [1.54, 1.807) is 0 Å². The molecule has 0 aliphatic heterocycles. The third kappa shape index (κ3) is 7.19. The summed E-state index contributed by atoms with van der Waals surface area (Å²) >= 11 is 0. The van der Waals surface area contributed by atoms with Crippen molar-refractivity contribution in [1.82, 2.24) is 10.3 Å². The minimum absolute atomic E-state index is 0.312. The Bertz CT molecular complexity index is 781. The first-order valence-corrected chi connectivity index (χ1v) is 11.3. The van der Waals surface area contributed by atoms with Crippen molar-refractivity contribution in [1.29, 1.82) is 0 Å². The smallest absolute Gasteiger partial charge is 0.319 e. The fourth-order valence-electron chi connectivity index (χ4n) is 2.49. The molecule has 0 aliphatic rings. The van der Waals surface area contributed by atoms with E-state index in [9.17, 15) is 8.42 Å². The van der Waals surface area contributed by atoms with Gasteiger partial charge in [0, 0.05) is 23.8 Å². The lowest BCUT2D eigenvalue weighted by Gasteiger charge is -2.10. The van der Waals surface area contributed by atoms with Gasteiger partial charge in [-0.3, -0.25) is 4.55 Å². The molecule has 0 fully saturated rings. The zero-order chi connectivity index (χ0) is 18.1. The Labute approximate surface area is 152 Å². The first-order chi connectivity index (χ1) is 12.0. The van der Waals surface area contributed by atoms with Crippen molar-refractivity contribution < 1.29 is 17.7 Å². The average molecular weight is 385 g/mol. The van der Waals surface area contributed by atoms with Gasteiger partial charge >= 0.3 is 9.15 Å². The molecule has 0 spiro atoms. The lowest BCUT2D eigenvalue weighted by molar-refractivity contribution is 0.298. The molecule has 2 rings (SSSR count). The third-order valence-electron chi connectivity index (χ3n) is 3.56. The van der Waals surface area contributed by atoms with Gasteiger partial charge in [0.1, 0.15) is 0 Å². The Kier molecular flexibility index (Phi) is 7.95. The number of hydrogen-bond acceptors (Lipinski definition) is 6. The summed E-state index contributed by atoms with van der Waals surface area (Å²) in [6.45, 7) is 3.91. The van der Waals surface area contributed by atoms with Crippen LogP contribution in [0.5, 0.6) is 5.88 Å². The maximum Gasteiger partial charge on any atom is 0.319 e. The molecule has 0 amide bonds. The Morgan fingerprint density at radius 1 is 1.28 bits per heavy atom. The van der Waals surface area contributed by atoms with Gasteiger partial charge in [-0.15, -0.1) is 0 Å². The molecule has 0 saturated carbocycles. The number of nitrogens with zero attached hydrogens (tertiary/aromatic N) is 1. The molecule has 2 N–H and O–H groups in total. The molecule has 1 aromatic heterocycles. The van der Waals surface area contributed by atoms with Crippen LogP contribution in [0.15, 0.2) is 30.3 Å². The van der Waals surface area contributed by atoms with E-state index in [2.05, 4.69) is 23.3 Å². The van der Waals surface area contributed by atoms with Gasteiger partial charge in [-0.25, -0.2) is 4.98 Å². The quantitative estimate of drug-likeness (QED) is 0.350. The highest BCUT2D eigenvalue weighted by Gasteiger charge is 2.06. The minimum atomic E-state index is -3.94. The van der Waals surface area contributed by atoms with Crippen LogP contribution in [0.3, 0.4) is 0 Å².